The highest BCUT2D eigenvalue weighted by atomic mass is 16.2. The lowest BCUT2D eigenvalue weighted by Crippen LogP contribution is -2.53. The molecule has 7 nitrogen and oxygen atoms in total. The SMILES string of the molecule is Cc1ccc(-n2cc(C=C3C(=O)NC(=O)N(Cc4ccccc4)C3=O)cn2)cc1. The number of hydrogen-bond donors (Lipinski definition) is 1. The molecule has 0 unspecified atom stereocenters. The van der Waals surface area contributed by atoms with E-state index in [0.29, 0.717) is 5.56 Å². The van der Waals surface area contributed by atoms with Gasteiger partial charge < -0.3 is 0 Å². The number of aryl methyl sites for hydroxylation is 1. The van der Waals surface area contributed by atoms with Crippen LogP contribution in [0.3, 0.4) is 0 Å². The van der Waals surface area contributed by atoms with E-state index in [9.17, 15) is 14.4 Å². The minimum atomic E-state index is -0.726. The highest BCUT2D eigenvalue weighted by Crippen LogP contribution is 2.18. The first-order valence-electron chi connectivity index (χ1n) is 9.06. The molecule has 4 amide bonds. The maximum Gasteiger partial charge on any atom is 0.331 e. The topological polar surface area (TPSA) is 84.3 Å². The van der Waals surface area contributed by atoms with Gasteiger partial charge in [0.25, 0.3) is 11.8 Å². The molecule has 0 bridgehead atoms. The Morgan fingerprint density at radius 1 is 1.00 bits per heavy atom. The molecule has 1 N–H and O–H groups in total. The minimum Gasteiger partial charge on any atom is -0.273 e. The Morgan fingerprint density at radius 3 is 2.45 bits per heavy atom. The number of aromatic nitrogens is 2. The van der Waals surface area contributed by atoms with Gasteiger partial charge in [-0.15, -0.1) is 0 Å². The normalized spacial score (nSPS) is 15.7. The van der Waals surface area contributed by atoms with Gasteiger partial charge in [0.15, 0.2) is 0 Å². The number of nitrogens with one attached hydrogen (secondary N) is 1. The maximum atomic E-state index is 12.8. The predicted molar refractivity (Wildman–Crippen MR) is 107 cm³/mol. The highest BCUT2D eigenvalue weighted by Gasteiger charge is 2.35. The fraction of sp³-hybridized carbons (Fsp3) is 0.0909. The summed E-state index contributed by atoms with van der Waals surface area (Å²) < 4.78 is 1.66. The number of rotatable bonds is 4. The van der Waals surface area contributed by atoms with Crippen molar-refractivity contribution in [2.24, 2.45) is 0 Å². The molecule has 2 heterocycles. The van der Waals surface area contributed by atoms with Crippen molar-refractivity contribution in [2.45, 2.75) is 13.5 Å². The van der Waals surface area contributed by atoms with E-state index in [0.717, 1.165) is 21.7 Å². The fourth-order valence-corrected chi connectivity index (χ4v) is 3.02. The van der Waals surface area contributed by atoms with Gasteiger partial charge in [-0.05, 0) is 30.7 Å². The first-order valence-corrected chi connectivity index (χ1v) is 9.06. The van der Waals surface area contributed by atoms with E-state index < -0.39 is 17.8 Å². The van der Waals surface area contributed by atoms with Gasteiger partial charge >= 0.3 is 6.03 Å². The molecular formula is C22H18N4O3. The van der Waals surface area contributed by atoms with Crippen LogP contribution in [0.5, 0.6) is 0 Å². The second-order valence-electron chi connectivity index (χ2n) is 6.75. The molecule has 7 heteroatoms. The third kappa shape index (κ3) is 3.84. The molecule has 1 saturated heterocycles. The van der Waals surface area contributed by atoms with Gasteiger partial charge in [-0.1, -0.05) is 48.0 Å². The average molecular weight is 386 g/mol. The summed E-state index contributed by atoms with van der Waals surface area (Å²) in [6.07, 6.45) is 4.72. The summed E-state index contributed by atoms with van der Waals surface area (Å²) >= 11 is 0. The molecule has 1 aromatic heterocycles. The second kappa shape index (κ2) is 7.55. The monoisotopic (exact) mass is 386 g/mol. The van der Waals surface area contributed by atoms with Crippen molar-refractivity contribution in [1.82, 2.24) is 20.0 Å². The van der Waals surface area contributed by atoms with Crippen molar-refractivity contribution in [3.05, 3.63) is 89.3 Å². The van der Waals surface area contributed by atoms with Crippen LogP contribution in [0.4, 0.5) is 4.79 Å². The molecule has 4 rings (SSSR count). The first kappa shape index (κ1) is 18.4. The molecule has 1 aliphatic rings. The first-order chi connectivity index (χ1) is 14.0. The fourth-order valence-electron chi connectivity index (χ4n) is 3.02. The van der Waals surface area contributed by atoms with Crippen LogP contribution in [0.25, 0.3) is 11.8 Å². The smallest absolute Gasteiger partial charge is 0.273 e. The number of imide groups is 2. The van der Waals surface area contributed by atoms with E-state index in [1.54, 1.807) is 17.1 Å². The summed E-state index contributed by atoms with van der Waals surface area (Å²) in [6, 6.07) is 16.2. The van der Waals surface area contributed by atoms with Crippen LogP contribution < -0.4 is 5.32 Å². The van der Waals surface area contributed by atoms with E-state index in [-0.39, 0.29) is 12.1 Å². The van der Waals surface area contributed by atoms with E-state index in [1.807, 2.05) is 61.5 Å². The van der Waals surface area contributed by atoms with Crippen molar-refractivity contribution in [3.8, 4) is 5.69 Å². The second-order valence-corrected chi connectivity index (χ2v) is 6.75. The quantitative estimate of drug-likeness (QED) is 0.552. The summed E-state index contributed by atoms with van der Waals surface area (Å²) in [7, 11) is 0. The summed E-state index contributed by atoms with van der Waals surface area (Å²) in [4.78, 5) is 38.3. The molecule has 0 aliphatic carbocycles. The Kier molecular flexibility index (Phi) is 4.78. The summed E-state index contributed by atoms with van der Waals surface area (Å²) in [5, 5.41) is 6.51. The Hall–Kier alpha value is -4.00. The van der Waals surface area contributed by atoms with Gasteiger partial charge in [-0.25, -0.2) is 9.48 Å². The third-order valence-corrected chi connectivity index (χ3v) is 4.58. The highest BCUT2D eigenvalue weighted by molar-refractivity contribution is 6.30. The van der Waals surface area contributed by atoms with Gasteiger partial charge in [0.1, 0.15) is 5.57 Å². The summed E-state index contributed by atoms with van der Waals surface area (Å²) in [6.45, 7) is 2.08. The maximum absolute atomic E-state index is 12.8. The van der Waals surface area contributed by atoms with E-state index in [4.69, 9.17) is 0 Å². The lowest BCUT2D eigenvalue weighted by atomic mass is 10.1. The zero-order chi connectivity index (χ0) is 20.4. The van der Waals surface area contributed by atoms with E-state index in [2.05, 4.69) is 10.4 Å². The molecule has 29 heavy (non-hydrogen) atoms. The zero-order valence-electron chi connectivity index (χ0n) is 15.7. The van der Waals surface area contributed by atoms with Gasteiger partial charge in [-0.2, -0.15) is 5.10 Å². The van der Waals surface area contributed by atoms with Crippen LogP contribution in [-0.2, 0) is 16.1 Å². The van der Waals surface area contributed by atoms with Crippen molar-refractivity contribution in [2.75, 3.05) is 0 Å². The molecule has 0 atom stereocenters. The van der Waals surface area contributed by atoms with Gasteiger partial charge in [0, 0.05) is 11.8 Å². The number of barbiturate groups is 1. The van der Waals surface area contributed by atoms with Crippen molar-refractivity contribution in [3.63, 3.8) is 0 Å². The molecule has 0 spiro atoms. The van der Waals surface area contributed by atoms with Gasteiger partial charge in [0.2, 0.25) is 0 Å². The Morgan fingerprint density at radius 2 is 1.72 bits per heavy atom. The lowest BCUT2D eigenvalue weighted by molar-refractivity contribution is -0.130. The van der Waals surface area contributed by atoms with Gasteiger partial charge in [-0.3, -0.25) is 19.8 Å². The molecular weight excluding hydrogens is 368 g/mol. The standard InChI is InChI=1S/C22H18N4O3/c1-15-7-9-18(10-8-15)26-14-17(12-23-26)11-19-20(27)24-22(29)25(21(19)28)13-16-5-3-2-4-6-16/h2-12,14H,13H2,1H3,(H,24,27,29). The summed E-state index contributed by atoms with van der Waals surface area (Å²) in [5.74, 6) is -1.35. The number of hydrogen-bond acceptors (Lipinski definition) is 4. The Bertz CT molecular complexity index is 1110. The van der Waals surface area contributed by atoms with Crippen LogP contribution in [-0.4, -0.2) is 32.5 Å². The molecule has 0 radical (unpaired) electrons. The number of carbonyl (C=O) groups excluding carboxylic acids is 3. The lowest BCUT2D eigenvalue weighted by Gasteiger charge is -2.26. The zero-order valence-corrected chi connectivity index (χ0v) is 15.7. The number of amides is 4. The van der Waals surface area contributed by atoms with Crippen LogP contribution in [0.2, 0.25) is 0 Å². The van der Waals surface area contributed by atoms with Gasteiger partial charge in [0.05, 0.1) is 18.4 Å². The molecule has 3 aromatic rings. The van der Waals surface area contributed by atoms with Crippen LogP contribution >= 0.6 is 0 Å². The molecule has 1 fully saturated rings. The minimum absolute atomic E-state index is 0.0821. The number of benzene rings is 2. The Balaban J connectivity index is 1.60. The van der Waals surface area contributed by atoms with Crippen LogP contribution in [0.15, 0.2) is 72.6 Å². The Labute approximate surface area is 167 Å². The van der Waals surface area contributed by atoms with E-state index >= 15 is 0 Å². The third-order valence-electron chi connectivity index (χ3n) is 4.58. The largest absolute Gasteiger partial charge is 0.331 e. The molecule has 2 aromatic carbocycles. The predicted octanol–water partition coefficient (Wildman–Crippen LogP) is 2.84. The van der Waals surface area contributed by atoms with E-state index in [1.165, 1.54) is 6.08 Å². The number of nitrogens with zero attached hydrogens (tertiary/aromatic N) is 3. The van der Waals surface area contributed by atoms with Crippen molar-refractivity contribution >= 4 is 23.9 Å². The molecule has 1 aliphatic heterocycles. The van der Waals surface area contributed by atoms with Crippen LogP contribution in [0.1, 0.15) is 16.7 Å². The summed E-state index contributed by atoms with van der Waals surface area (Å²) in [5.41, 5.74) is 3.26. The average Bonchev–Trinajstić information content (AvgIpc) is 3.18. The number of carbonyl (C=O) groups is 3. The van der Waals surface area contributed by atoms with Crippen LogP contribution in [0, 0.1) is 6.92 Å². The number of urea groups is 1. The molecule has 144 valence electrons. The van der Waals surface area contributed by atoms with Crippen molar-refractivity contribution < 1.29 is 14.4 Å². The van der Waals surface area contributed by atoms with Crippen molar-refractivity contribution in [1.29, 1.82) is 0 Å². The molecule has 0 saturated carbocycles.